The van der Waals surface area contributed by atoms with Crippen LogP contribution >= 0.6 is 0 Å². The van der Waals surface area contributed by atoms with Gasteiger partial charge in [0.05, 0.1) is 0 Å². The minimum atomic E-state index is -1.45. The van der Waals surface area contributed by atoms with Gasteiger partial charge in [0, 0.05) is 0 Å². The van der Waals surface area contributed by atoms with Crippen molar-refractivity contribution in [2.24, 2.45) is 0 Å². The number of hydrogen-bond acceptors (Lipinski definition) is 1. The molecule has 2 heteroatoms. The summed E-state index contributed by atoms with van der Waals surface area (Å²) in [6.07, 6.45) is 0. The van der Waals surface area contributed by atoms with Crippen LogP contribution in [0.15, 0.2) is 60.7 Å². The molecule has 1 nitrogen and oxygen atoms in total. The van der Waals surface area contributed by atoms with Gasteiger partial charge in [-0.25, -0.2) is 0 Å². The maximum atomic E-state index is 5.72. The van der Waals surface area contributed by atoms with Crippen molar-refractivity contribution < 1.29 is 21.6 Å². The van der Waals surface area contributed by atoms with Gasteiger partial charge in [-0.1, -0.05) is 0 Å². The van der Waals surface area contributed by atoms with Crippen LogP contribution in [-0.4, -0.2) is 7.11 Å². The van der Waals surface area contributed by atoms with Crippen molar-refractivity contribution in [2.75, 3.05) is 7.11 Å². The zero-order valence-corrected chi connectivity index (χ0v) is 11.7. The Kier molecular flexibility index (Phi) is 4.99. The molecule has 0 heterocycles. The van der Waals surface area contributed by atoms with E-state index in [2.05, 4.69) is 60.7 Å². The molecular formula is C15H17OTi. The van der Waals surface area contributed by atoms with Crippen molar-refractivity contribution in [3.8, 4) is 0 Å². The van der Waals surface area contributed by atoms with Gasteiger partial charge >= 0.3 is 110 Å². The van der Waals surface area contributed by atoms with Crippen LogP contribution in [0.1, 0.15) is 11.1 Å². The molecule has 0 aromatic heterocycles. The molecule has 0 aliphatic rings. The van der Waals surface area contributed by atoms with Crippen molar-refractivity contribution in [1.82, 2.24) is 0 Å². The first-order valence-corrected chi connectivity index (χ1v) is 8.69. The van der Waals surface area contributed by atoms with Crippen molar-refractivity contribution in [1.29, 1.82) is 0 Å². The van der Waals surface area contributed by atoms with E-state index in [1.807, 2.05) is 7.11 Å². The van der Waals surface area contributed by atoms with Crippen LogP contribution in [0.3, 0.4) is 0 Å². The molecule has 0 saturated heterocycles. The summed E-state index contributed by atoms with van der Waals surface area (Å²) in [5.41, 5.74) is 2.81. The summed E-state index contributed by atoms with van der Waals surface area (Å²) >= 11 is -1.45. The Morgan fingerprint density at radius 3 is 1.53 bits per heavy atom. The van der Waals surface area contributed by atoms with Gasteiger partial charge in [0.1, 0.15) is 0 Å². The average Bonchev–Trinajstić information content (AvgIpc) is 2.40. The number of hydrogen-bond donors (Lipinski definition) is 0. The summed E-state index contributed by atoms with van der Waals surface area (Å²) in [6, 6.07) is 21.3. The Bertz CT molecular complexity index is 386. The van der Waals surface area contributed by atoms with Gasteiger partial charge < -0.3 is 0 Å². The van der Waals surface area contributed by atoms with Gasteiger partial charge in [-0.3, -0.25) is 0 Å². The summed E-state index contributed by atoms with van der Waals surface area (Å²) in [4.78, 5) is 0. The molecular weight excluding hydrogens is 244 g/mol. The van der Waals surface area contributed by atoms with Gasteiger partial charge in [0.25, 0.3) is 0 Å². The van der Waals surface area contributed by atoms with E-state index in [1.165, 1.54) is 11.1 Å². The van der Waals surface area contributed by atoms with E-state index in [1.54, 1.807) is 0 Å². The zero-order valence-electron chi connectivity index (χ0n) is 10.1. The van der Waals surface area contributed by atoms with E-state index in [0.717, 1.165) is 9.45 Å². The van der Waals surface area contributed by atoms with Crippen molar-refractivity contribution in [3.63, 3.8) is 0 Å². The maximum absolute atomic E-state index is 5.72. The summed E-state index contributed by atoms with van der Waals surface area (Å²) in [5.74, 6) is 0. The predicted molar refractivity (Wildman–Crippen MR) is 67.3 cm³/mol. The van der Waals surface area contributed by atoms with Crippen LogP contribution in [0.25, 0.3) is 0 Å². The molecule has 87 valence electrons. The molecule has 0 aliphatic carbocycles. The summed E-state index contributed by atoms with van der Waals surface area (Å²) < 4.78 is 7.99. The SMILES string of the molecule is C[O][Ti]([CH2]c1ccccc1)[CH2]c1ccccc1. The molecule has 0 unspecified atom stereocenters. The van der Waals surface area contributed by atoms with Gasteiger partial charge in [-0.2, -0.15) is 0 Å². The van der Waals surface area contributed by atoms with Crippen LogP contribution in [0.4, 0.5) is 0 Å². The first-order valence-electron chi connectivity index (χ1n) is 5.85. The Hall–Kier alpha value is -0.886. The predicted octanol–water partition coefficient (Wildman–Crippen LogP) is 3.57. The standard InChI is InChI=1S/2C7H7.CH3O.Ti/c2*1-7-5-3-2-4-6-7;1-2;/h2*2-6H,1H2;1H3;/q;;-1;+1. The van der Waals surface area contributed by atoms with E-state index in [-0.39, 0.29) is 0 Å². The second-order valence-electron chi connectivity index (χ2n) is 4.07. The number of rotatable bonds is 5. The Balaban J connectivity index is 1.98. The molecule has 2 rings (SSSR count). The van der Waals surface area contributed by atoms with Crippen molar-refractivity contribution >= 4 is 0 Å². The first-order chi connectivity index (χ1) is 8.38. The molecule has 2 aromatic carbocycles. The van der Waals surface area contributed by atoms with Gasteiger partial charge in [-0.15, -0.1) is 0 Å². The van der Waals surface area contributed by atoms with E-state index in [9.17, 15) is 0 Å². The second-order valence-corrected chi connectivity index (χ2v) is 7.49. The molecule has 0 fully saturated rings. The normalized spacial score (nSPS) is 10.2. The molecule has 2 aromatic rings. The molecule has 0 spiro atoms. The quantitative estimate of drug-likeness (QED) is 0.748. The third-order valence-electron chi connectivity index (χ3n) is 2.78. The fraction of sp³-hybridized carbons (Fsp3) is 0.200. The average molecular weight is 261 g/mol. The molecule has 0 bridgehead atoms. The summed E-state index contributed by atoms with van der Waals surface area (Å²) in [6.45, 7) is 0. The molecule has 0 atom stereocenters. The van der Waals surface area contributed by atoms with Crippen LogP contribution in [0, 0.1) is 0 Å². The monoisotopic (exact) mass is 261 g/mol. The van der Waals surface area contributed by atoms with Crippen LogP contribution in [0.5, 0.6) is 0 Å². The van der Waals surface area contributed by atoms with E-state index in [4.69, 9.17) is 3.32 Å². The first kappa shape index (κ1) is 12.6. The van der Waals surface area contributed by atoms with Gasteiger partial charge in [0.2, 0.25) is 0 Å². The molecule has 0 aliphatic heterocycles. The molecule has 0 amide bonds. The van der Waals surface area contributed by atoms with Crippen LogP contribution in [0.2, 0.25) is 0 Å². The summed E-state index contributed by atoms with van der Waals surface area (Å²) in [5, 5.41) is 0. The Labute approximate surface area is 110 Å². The number of benzene rings is 2. The topological polar surface area (TPSA) is 9.23 Å². The summed E-state index contributed by atoms with van der Waals surface area (Å²) in [7, 11) is 1.86. The second kappa shape index (κ2) is 6.75. The Morgan fingerprint density at radius 1 is 0.765 bits per heavy atom. The zero-order chi connectivity index (χ0) is 11.9. The fourth-order valence-electron chi connectivity index (χ4n) is 1.85. The van der Waals surface area contributed by atoms with Crippen molar-refractivity contribution in [3.05, 3.63) is 71.8 Å². The van der Waals surface area contributed by atoms with E-state index in [0.29, 0.717) is 0 Å². The van der Waals surface area contributed by atoms with Gasteiger partial charge in [0.15, 0.2) is 0 Å². The van der Waals surface area contributed by atoms with Gasteiger partial charge in [-0.05, 0) is 0 Å². The van der Waals surface area contributed by atoms with E-state index < -0.39 is 18.3 Å². The van der Waals surface area contributed by atoms with Crippen LogP contribution in [-0.2, 0) is 31.0 Å². The third-order valence-corrected chi connectivity index (χ3v) is 6.19. The third kappa shape index (κ3) is 4.12. The van der Waals surface area contributed by atoms with Crippen LogP contribution < -0.4 is 0 Å². The molecule has 0 saturated carbocycles. The Morgan fingerprint density at radius 2 is 1.18 bits per heavy atom. The molecule has 17 heavy (non-hydrogen) atoms. The molecule has 0 N–H and O–H groups in total. The van der Waals surface area contributed by atoms with E-state index >= 15 is 0 Å². The fourth-order valence-corrected chi connectivity index (χ4v) is 4.66. The minimum absolute atomic E-state index is 1.13. The molecule has 0 radical (unpaired) electrons. The van der Waals surface area contributed by atoms with Crippen molar-refractivity contribution in [2.45, 2.75) is 9.45 Å².